The SMILES string of the molecule is CN(Cc1ccccc1)c1ncnc(Nc2cccnc2Cl)c1[N+](=O)[O-]. The fraction of sp³-hybridized carbons (Fsp3) is 0.118. The predicted octanol–water partition coefficient (Wildman–Crippen LogP) is 3.81. The zero-order valence-electron chi connectivity index (χ0n) is 13.8. The molecule has 0 bridgehead atoms. The monoisotopic (exact) mass is 370 g/mol. The van der Waals surface area contributed by atoms with Crippen LogP contribution in [0.25, 0.3) is 0 Å². The third-order valence-corrected chi connectivity index (χ3v) is 3.92. The molecule has 0 aliphatic heterocycles. The predicted molar refractivity (Wildman–Crippen MR) is 99.8 cm³/mol. The highest BCUT2D eigenvalue weighted by atomic mass is 35.5. The van der Waals surface area contributed by atoms with Crippen LogP contribution >= 0.6 is 11.6 Å². The molecule has 1 N–H and O–H groups in total. The largest absolute Gasteiger partial charge is 0.353 e. The molecule has 3 aromatic rings. The highest BCUT2D eigenvalue weighted by molar-refractivity contribution is 6.32. The summed E-state index contributed by atoms with van der Waals surface area (Å²) in [7, 11) is 1.74. The standard InChI is InChI=1S/C17H15ClN6O2/c1-23(10-12-6-3-2-4-7-12)17-14(24(25)26)16(20-11-21-17)22-13-8-5-9-19-15(13)18/h2-9,11H,10H2,1H3,(H,20,21,22). The molecule has 132 valence electrons. The molecule has 0 spiro atoms. The van der Waals surface area contributed by atoms with Crippen molar-refractivity contribution in [3.05, 3.63) is 75.8 Å². The van der Waals surface area contributed by atoms with Gasteiger partial charge in [0.15, 0.2) is 5.15 Å². The summed E-state index contributed by atoms with van der Waals surface area (Å²) in [6.45, 7) is 0.464. The molecule has 0 aliphatic rings. The topological polar surface area (TPSA) is 97.1 Å². The summed E-state index contributed by atoms with van der Waals surface area (Å²) in [4.78, 5) is 24.9. The number of aromatic nitrogens is 3. The van der Waals surface area contributed by atoms with Gasteiger partial charge in [0, 0.05) is 19.8 Å². The number of nitro groups is 1. The molecule has 0 fully saturated rings. The number of pyridine rings is 1. The Labute approximate surface area is 154 Å². The number of halogens is 1. The molecule has 8 nitrogen and oxygen atoms in total. The Morgan fingerprint density at radius 1 is 1.15 bits per heavy atom. The Balaban J connectivity index is 1.96. The second-order valence-corrected chi connectivity index (χ2v) is 5.82. The smallest absolute Gasteiger partial charge is 0.349 e. The fourth-order valence-corrected chi connectivity index (χ4v) is 2.61. The van der Waals surface area contributed by atoms with Crippen LogP contribution in [0.4, 0.5) is 23.0 Å². The van der Waals surface area contributed by atoms with Gasteiger partial charge in [0.05, 0.1) is 10.6 Å². The molecule has 0 radical (unpaired) electrons. The van der Waals surface area contributed by atoms with Crippen LogP contribution in [0, 0.1) is 10.1 Å². The van der Waals surface area contributed by atoms with E-state index in [-0.39, 0.29) is 22.5 Å². The highest BCUT2D eigenvalue weighted by Crippen LogP contribution is 2.34. The quantitative estimate of drug-likeness (QED) is 0.400. The van der Waals surface area contributed by atoms with Gasteiger partial charge in [-0.25, -0.2) is 15.0 Å². The average Bonchev–Trinajstić information content (AvgIpc) is 2.64. The van der Waals surface area contributed by atoms with Gasteiger partial charge in [-0.2, -0.15) is 0 Å². The molecule has 2 aromatic heterocycles. The number of nitrogens with one attached hydrogen (secondary N) is 1. The molecule has 0 saturated carbocycles. The lowest BCUT2D eigenvalue weighted by Gasteiger charge is -2.19. The Morgan fingerprint density at radius 3 is 2.62 bits per heavy atom. The summed E-state index contributed by atoms with van der Waals surface area (Å²) >= 11 is 6.02. The first-order chi connectivity index (χ1) is 12.6. The van der Waals surface area contributed by atoms with Gasteiger partial charge in [-0.15, -0.1) is 0 Å². The number of hydrogen-bond donors (Lipinski definition) is 1. The van der Waals surface area contributed by atoms with Crippen LogP contribution in [0.1, 0.15) is 5.56 Å². The Morgan fingerprint density at radius 2 is 1.92 bits per heavy atom. The lowest BCUT2D eigenvalue weighted by molar-refractivity contribution is -0.383. The average molecular weight is 371 g/mol. The normalized spacial score (nSPS) is 10.4. The summed E-state index contributed by atoms with van der Waals surface area (Å²) in [5, 5.41) is 14.7. The summed E-state index contributed by atoms with van der Waals surface area (Å²) in [5.74, 6) is 0.256. The van der Waals surface area contributed by atoms with Crippen molar-refractivity contribution >= 4 is 34.6 Å². The van der Waals surface area contributed by atoms with Crippen molar-refractivity contribution in [2.45, 2.75) is 6.54 Å². The first-order valence-electron chi connectivity index (χ1n) is 7.68. The minimum atomic E-state index is -0.510. The van der Waals surface area contributed by atoms with Gasteiger partial charge in [-0.1, -0.05) is 41.9 Å². The maximum absolute atomic E-state index is 11.7. The minimum absolute atomic E-state index is 0.0508. The molecule has 0 saturated heterocycles. The second-order valence-electron chi connectivity index (χ2n) is 5.46. The molecular weight excluding hydrogens is 356 g/mol. The van der Waals surface area contributed by atoms with Crippen LogP contribution in [0.3, 0.4) is 0 Å². The van der Waals surface area contributed by atoms with Crippen molar-refractivity contribution in [3.8, 4) is 0 Å². The third-order valence-electron chi connectivity index (χ3n) is 3.62. The van der Waals surface area contributed by atoms with Gasteiger partial charge in [0.1, 0.15) is 6.33 Å². The van der Waals surface area contributed by atoms with E-state index >= 15 is 0 Å². The molecule has 2 heterocycles. The molecule has 0 amide bonds. The van der Waals surface area contributed by atoms with Crippen LogP contribution in [-0.4, -0.2) is 26.9 Å². The van der Waals surface area contributed by atoms with Gasteiger partial charge in [0.2, 0.25) is 11.6 Å². The summed E-state index contributed by atoms with van der Waals surface area (Å²) in [6, 6.07) is 13.0. The van der Waals surface area contributed by atoms with Crippen molar-refractivity contribution in [1.82, 2.24) is 15.0 Å². The van der Waals surface area contributed by atoms with Crippen molar-refractivity contribution in [3.63, 3.8) is 0 Å². The van der Waals surface area contributed by atoms with E-state index in [4.69, 9.17) is 11.6 Å². The van der Waals surface area contributed by atoms with E-state index in [0.29, 0.717) is 12.2 Å². The van der Waals surface area contributed by atoms with E-state index in [9.17, 15) is 10.1 Å². The second kappa shape index (κ2) is 7.75. The number of nitrogens with zero attached hydrogens (tertiary/aromatic N) is 5. The van der Waals surface area contributed by atoms with E-state index in [1.54, 1.807) is 24.1 Å². The molecule has 26 heavy (non-hydrogen) atoms. The zero-order chi connectivity index (χ0) is 18.5. The Kier molecular flexibility index (Phi) is 5.23. The lowest BCUT2D eigenvalue weighted by Crippen LogP contribution is -2.20. The molecule has 9 heteroatoms. The van der Waals surface area contributed by atoms with E-state index in [1.807, 2.05) is 30.3 Å². The van der Waals surface area contributed by atoms with Crippen LogP contribution < -0.4 is 10.2 Å². The maximum Gasteiger partial charge on any atom is 0.353 e. The first-order valence-corrected chi connectivity index (χ1v) is 8.06. The Bertz CT molecular complexity index is 922. The number of hydrogen-bond acceptors (Lipinski definition) is 7. The summed E-state index contributed by atoms with van der Waals surface area (Å²) in [5.41, 5.74) is 1.20. The summed E-state index contributed by atoms with van der Waals surface area (Å²) < 4.78 is 0. The fourth-order valence-electron chi connectivity index (χ4n) is 2.45. The minimum Gasteiger partial charge on any atom is -0.349 e. The molecule has 3 rings (SSSR count). The number of anilines is 3. The highest BCUT2D eigenvalue weighted by Gasteiger charge is 2.26. The van der Waals surface area contributed by atoms with Crippen LogP contribution in [-0.2, 0) is 6.54 Å². The molecule has 0 atom stereocenters. The summed E-state index contributed by atoms with van der Waals surface area (Å²) in [6.07, 6.45) is 2.80. The molecule has 1 aromatic carbocycles. The van der Waals surface area contributed by atoms with Gasteiger partial charge < -0.3 is 10.2 Å². The zero-order valence-corrected chi connectivity index (χ0v) is 14.6. The van der Waals surface area contributed by atoms with Crippen LogP contribution in [0.5, 0.6) is 0 Å². The molecular formula is C17H15ClN6O2. The van der Waals surface area contributed by atoms with Crippen molar-refractivity contribution in [2.75, 3.05) is 17.3 Å². The van der Waals surface area contributed by atoms with Gasteiger partial charge >= 0.3 is 5.69 Å². The van der Waals surface area contributed by atoms with Crippen LogP contribution in [0.2, 0.25) is 5.15 Å². The van der Waals surface area contributed by atoms with Crippen LogP contribution in [0.15, 0.2) is 55.0 Å². The van der Waals surface area contributed by atoms with Crippen molar-refractivity contribution < 1.29 is 4.92 Å². The number of rotatable bonds is 6. The van der Waals surface area contributed by atoms with E-state index in [2.05, 4.69) is 20.3 Å². The first kappa shape index (κ1) is 17.6. The van der Waals surface area contributed by atoms with E-state index in [0.717, 1.165) is 5.56 Å². The van der Waals surface area contributed by atoms with Gasteiger partial charge in [-0.05, 0) is 17.7 Å². The molecule has 0 aliphatic carbocycles. The van der Waals surface area contributed by atoms with Crippen molar-refractivity contribution in [2.24, 2.45) is 0 Å². The van der Waals surface area contributed by atoms with Gasteiger partial charge in [0.25, 0.3) is 0 Å². The Hall–Kier alpha value is -3.26. The maximum atomic E-state index is 11.7. The van der Waals surface area contributed by atoms with E-state index < -0.39 is 4.92 Å². The number of benzene rings is 1. The lowest BCUT2D eigenvalue weighted by atomic mass is 10.2. The van der Waals surface area contributed by atoms with Gasteiger partial charge in [-0.3, -0.25) is 10.1 Å². The third kappa shape index (κ3) is 3.86. The van der Waals surface area contributed by atoms with E-state index in [1.165, 1.54) is 12.5 Å². The van der Waals surface area contributed by atoms with Crippen molar-refractivity contribution in [1.29, 1.82) is 0 Å². The molecule has 0 unspecified atom stereocenters.